The monoisotopic (exact) mass is 238 g/mol. The van der Waals surface area contributed by atoms with Crippen LogP contribution < -0.4 is 10.2 Å². The summed E-state index contributed by atoms with van der Waals surface area (Å²) in [5, 5.41) is 4.72. The van der Waals surface area contributed by atoms with Gasteiger partial charge in [-0.25, -0.2) is 0 Å². The van der Waals surface area contributed by atoms with Gasteiger partial charge in [0.15, 0.2) is 0 Å². The number of hydrogen-bond acceptors (Lipinski definition) is 3. The lowest BCUT2D eigenvalue weighted by molar-refractivity contribution is 0.636. The van der Waals surface area contributed by atoms with Crippen LogP contribution in [0.2, 0.25) is 0 Å². The highest BCUT2D eigenvalue weighted by molar-refractivity contribution is 7.16. The fourth-order valence-corrected chi connectivity index (χ4v) is 2.42. The van der Waals surface area contributed by atoms with Crippen molar-refractivity contribution >= 4 is 22.4 Å². The molecule has 1 heterocycles. The summed E-state index contributed by atoms with van der Waals surface area (Å²) in [6, 6.07) is 4.80. The van der Waals surface area contributed by atoms with Crippen molar-refractivity contribution in [1.82, 2.24) is 5.32 Å². The molecule has 1 atom stereocenters. The highest BCUT2D eigenvalue weighted by Gasteiger charge is 2.04. The molecule has 0 amide bonds. The summed E-state index contributed by atoms with van der Waals surface area (Å²) in [4.78, 5) is 3.47. The standard InChI is InChI=1S/C13H22N2S/c1-6-14-11(3)10(2)9-12-7-8-13(16-12)15(4)5/h7-9,11,14H,6H2,1-5H3/b10-9+. The van der Waals surface area contributed by atoms with Crippen molar-refractivity contribution < 1.29 is 0 Å². The second-order valence-corrected chi connectivity index (χ2v) is 5.33. The van der Waals surface area contributed by atoms with Crippen LogP contribution in [0, 0.1) is 0 Å². The van der Waals surface area contributed by atoms with Gasteiger partial charge in [-0.1, -0.05) is 12.5 Å². The summed E-state index contributed by atoms with van der Waals surface area (Å²) >= 11 is 1.83. The molecule has 3 heteroatoms. The van der Waals surface area contributed by atoms with Crippen LogP contribution >= 0.6 is 11.3 Å². The van der Waals surface area contributed by atoms with Gasteiger partial charge in [-0.05, 0) is 38.6 Å². The average Bonchev–Trinajstić information content (AvgIpc) is 2.66. The smallest absolute Gasteiger partial charge is 0.0909 e. The van der Waals surface area contributed by atoms with E-state index in [1.54, 1.807) is 0 Å². The Balaban J connectivity index is 2.73. The average molecular weight is 238 g/mol. The first-order valence-electron chi connectivity index (χ1n) is 5.73. The van der Waals surface area contributed by atoms with E-state index < -0.39 is 0 Å². The van der Waals surface area contributed by atoms with E-state index >= 15 is 0 Å². The molecule has 0 bridgehead atoms. The van der Waals surface area contributed by atoms with Gasteiger partial charge in [0.25, 0.3) is 0 Å². The van der Waals surface area contributed by atoms with Crippen LogP contribution in [0.25, 0.3) is 6.08 Å². The molecular formula is C13H22N2S. The maximum atomic E-state index is 3.42. The summed E-state index contributed by atoms with van der Waals surface area (Å²) in [7, 11) is 4.15. The zero-order valence-corrected chi connectivity index (χ0v) is 11.7. The Hall–Kier alpha value is -0.800. The number of likely N-dealkylation sites (N-methyl/N-ethyl adjacent to an activating group) is 1. The third-order valence-corrected chi connectivity index (χ3v) is 3.82. The zero-order valence-electron chi connectivity index (χ0n) is 10.9. The maximum Gasteiger partial charge on any atom is 0.0909 e. The molecule has 1 rings (SSSR count). The van der Waals surface area contributed by atoms with Crippen LogP contribution in [-0.2, 0) is 0 Å². The predicted molar refractivity (Wildman–Crippen MR) is 75.4 cm³/mol. The van der Waals surface area contributed by atoms with Gasteiger partial charge in [0.1, 0.15) is 0 Å². The zero-order chi connectivity index (χ0) is 12.1. The summed E-state index contributed by atoms with van der Waals surface area (Å²) in [5.41, 5.74) is 1.38. The third-order valence-electron chi connectivity index (χ3n) is 2.62. The van der Waals surface area contributed by atoms with Gasteiger partial charge in [0.2, 0.25) is 0 Å². The van der Waals surface area contributed by atoms with Crippen LogP contribution in [0.1, 0.15) is 25.6 Å². The topological polar surface area (TPSA) is 15.3 Å². The van der Waals surface area contributed by atoms with E-state index in [1.165, 1.54) is 15.5 Å². The number of rotatable bonds is 5. The molecule has 1 N–H and O–H groups in total. The van der Waals surface area contributed by atoms with Gasteiger partial charge in [0, 0.05) is 25.0 Å². The van der Waals surface area contributed by atoms with Crippen LogP contribution in [-0.4, -0.2) is 26.7 Å². The quantitative estimate of drug-likeness (QED) is 0.847. The highest BCUT2D eigenvalue weighted by atomic mass is 32.1. The fraction of sp³-hybridized carbons (Fsp3) is 0.538. The Morgan fingerprint density at radius 1 is 1.50 bits per heavy atom. The van der Waals surface area contributed by atoms with Gasteiger partial charge in [0.05, 0.1) is 5.00 Å². The van der Waals surface area contributed by atoms with Crippen molar-refractivity contribution in [1.29, 1.82) is 0 Å². The first kappa shape index (κ1) is 13.3. The predicted octanol–water partition coefficient (Wildman–Crippen LogP) is 3.22. The molecule has 2 nitrogen and oxygen atoms in total. The van der Waals surface area contributed by atoms with Crippen molar-refractivity contribution in [2.45, 2.75) is 26.8 Å². The normalized spacial score (nSPS) is 13.9. The first-order chi connectivity index (χ1) is 7.54. The van der Waals surface area contributed by atoms with Crippen LogP contribution in [0.4, 0.5) is 5.00 Å². The fourth-order valence-electron chi connectivity index (χ4n) is 1.48. The van der Waals surface area contributed by atoms with Crippen molar-refractivity contribution in [2.75, 3.05) is 25.5 Å². The Kier molecular flexibility index (Phi) is 5.03. The Labute approximate surface area is 103 Å². The van der Waals surface area contributed by atoms with Crippen molar-refractivity contribution in [3.63, 3.8) is 0 Å². The van der Waals surface area contributed by atoms with Crippen molar-refractivity contribution in [2.24, 2.45) is 0 Å². The SMILES string of the molecule is CCNC(C)/C(C)=C/c1ccc(N(C)C)s1. The van der Waals surface area contributed by atoms with Gasteiger partial charge in [-0.2, -0.15) is 0 Å². The largest absolute Gasteiger partial charge is 0.370 e. The van der Waals surface area contributed by atoms with Crippen LogP contribution in [0.15, 0.2) is 17.7 Å². The lowest BCUT2D eigenvalue weighted by Gasteiger charge is -2.12. The molecule has 0 radical (unpaired) electrons. The van der Waals surface area contributed by atoms with Gasteiger partial charge >= 0.3 is 0 Å². The van der Waals surface area contributed by atoms with Gasteiger partial charge < -0.3 is 10.2 Å². The minimum absolute atomic E-state index is 0.454. The highest BCUT2D eigenvalue weighted by Crippen LogP contribution is 2.26. The van der Waals surface area contributed by atoms with Crippen molar-refractivity contribution in [3.05, 3.63) is 22.6 Å². The van der Waals surface area contributed by atoms with E-state index in [-0.39, 0.29) is 0 Å². The van der Waals surface area contributed by atoms with E-state index in [2.05, 4.69) is 63.3 Å². The van der Waals surface area contributed by atoms with Crippen LogP contribution in [0.5, 0.6) is 0 Å². The summed E-state index contributed by atoms with van der Waals surface area (Å²) in [6.45, 7) is 7.54. The third kappa shape index (κ3) is 3.65. The molecular weight excluding hydrogens is 216 g/mol. The van der Waals surface area contributed by atoms with Crippen LogP contribution in [0.3, 0.4) is 0 Å². The van der Waals surface area contributed by atoms with Gasteiger partial charge in [-0.15, -0.1) is 11.3 Å². The Morgan fingerprint density at radius 2 is 2.19 bits per heavy atom. The number of thiophene rings is 1. The second-order valence-electron chi connectivity index (χ2n) is 4.24. The molecule has 90 valence electrons. The van der Waals surface area contributed by atoms with E-state index in [0.717, 1.165) is 6.54 Å². The Morgan fingerprint density at radius 3 is 2.69 bits per heavy atom. The number of nitrogens with one attached hydrogen (secondary N) is 1. The molecule has 0 spiro atoms. The van der Waals surface area contributed by atoms with Gasteiger partial charge in [-0.3, -0.25) is 0 Å². The molecule has 1 aromatic heterocycles. The molecule has 1 unspecified atom stereocenters. The van der Waals surface area contributed by atoms with E-state index in [1.807, 2.05) is 11.3 Å². The second kappa shape index (κ2) is 6.06. The molecule has 1 aromatic rings. The van der Waals surface area contributed by atoms with E-state index in [0.29, 0.717) is 6.04 Å². The number of anilines is 1. The maximum absolute atomic E-state index is 3.42. The molecule has 0 saturated heterocycles. The molecule has 0 aliphatic heterocycles. The summed E-state index contributed by atoms with van der Waals surface area (Å²) < 4.78 is 0. The molecule has 0 aliphatic carbocycles. The molecule has 0 aliphatic rings. The molecule has 0 fully saturated rings. The molecule has 16 heavy (non-hydrogen) atoms. The minimum Gasteiger partial charge on any atom is -0.370 e. The van der Waals surface area contributed by atoms with E-state index in [4.69, 9.17) is 0 Å². The Bertz CT molecular complexity index is 353. The molecule has 0 saturated carbocycles. The minimum atomic E-state index is 0.454. The number of hydrogen-bond donors (Lipinski definition) is 1. The first-order valence-corrected chi connectivity index (χ1v) is 6.55. The summed E-state index contributed by atoms with van der Waals surface area (Å²) in [5.74, 6) is 0. The summed E-state index contributed by atoms with van der Waals surface area (Å²) in [6.07, 6.45) is 2.27. The molecule has 0 aromatic carbocycles. The van der Waals surface area contributed by atoms with E-state index in [9.17, 15) is 0 Å². The lowest BCUT2D eigenvalue weighted by Crippen LogP contribution is -2.26. The number of nitrogens with zero attached hydrogens (tertiary/aromatic N) is 1. The lowest BCUT2D eigenvalue weighted by atomic mass is 10.1. The van der Waals surface area contributed by atoms with Crippen molar-refractivity contribution in [3.8, 4) is 0 Å².